The van der Waals surface area contributed by atoms with Gasteiger partial charge < -0.3 is 15.7 Å². The van der Waals surface area contributed by atoms with Gasteiger partial charge in [0.2, 0.25) is 5.91 Å². The number of anilines is 2. The van der Waals surface area contributed by atoms with Crippen LogP contribution >= 0.6 is 0 Å². The quantitative estimate of drug-likeness (QED) is 0.486. The Kier molecular flexibility index (Phi) is 4.38. The van der Waals surface area contributed by atoms with Gasteiger partial charge in [-0.3, -0.25) is 4.79 Å². The number of benzene rings is 1. The summed E-state index contributed by atoms with van der Waals surface area (Å²) >= 11 is 0. The van der Waals surface area contributed by atoms with Crippen LogP contribution in [-0.4, -0.2) is 17.1 Å². The minimum atomic E-state index is -0.148. The fraction of sp³-hybridized carbons (Fsp3) is 0.650. The molecule has 2 aliphatic carbocycles. The molecule has 2 fully saturated rings. The van der Waals surface area contributed by atoms with Gasteiger partial charge in [0.15, 0.2) is 0 Å². The smallest absolute Gasteiger partial charge is 0.246 e. The number of unbranched alkanes of at least 4 members (excludes halogenated alkanes) is 2. The molecular formula is C20H28N2O2. The monoisotopic (exact) mass is 328 g/mol. The van der Waals surface area contributed by atoms with E-state index in [0.29, 0.717) is 5.69 Å². The highest BCUT2D eigenvalue weighted by atomic mass is 16.3. The normalized spacial score (nSPS) is 28.0. The van der Waals surface area contributed by atoms with Gasteiger partial charge in [0.25, 0.3) is 0 Å². The maximum absolute atomic E-state index is 12.1. The van der Waals surface area contributed by atoms with Crippen molar-refractivity contribution in [3.63, 3.8) is 0 Å². The zero-order valence-electron chi connectivity index (χ0n) is 14.3. The number of carbonyl (C=O) groups is 1. The summed E-state index contributed by atoms with van der Waals surface area (Å²) < 4.78 is 0. The molecule has 1 amide bonds. The van der Waals surface area contributed by atoms with Crippen LogP contribution in [0.4, 0.5) is 11.4 Å². The zero-order chi connectivity index (χ0) is 16.5. The number of amides is 1. The molecule has 0 aromatic heterocycles. The summed E-state index contributed by atoms with van der Waals surface area (Å²) in [6, 6.07) is 4.91. The van der Waals surface area contributed by atoms with Crippen LogP contribution in [-0.2, 0) is 4.79 Å². The molecular weight excluding hydrogens is 300 g/mol. The lowest BCUT2D eigenvalue weighted by Crippen LogP contribution is -2.38. The highest BCUT2D eigenvalue weighted by Crippen LogP contribution is 2.50. The number of fused-ring (bicyclic) bond motifs is 1. The number of nitrogens with one attached hydrogen (secondary N) is 2. The second-order valence-corrected chi connectivity index (χ2v) is 7.99. The molecule has 1 heterocycles. The van der Waals surface area contributed by atoms with Crippen LogP contribution in [0.15, 0.2) is 18.2 Å². The van der Waals surface area contributed by atoms with Gasteiger partial charge in [-0.15, -0.1) is 0 Å². The summed E-state index contributed by atoms with van der Waals surface area (Å²) in [5, 5.41) is 15.7. The van der Waals surface area contributed by atoms with Crippen molar-refractivity contribution in [3.05, 3.63) is 18.2 Å². The van der Waals surface area contributed by atoms with Crippen LogP contribution in [0.3, 0.4) is 0 Å². The van der Waals surface area contributed by atoms with Crippen LogP contribution in [0.25, 0.3) is 0 Å². The second-order valence-electron chi connectivity index (χ2n) is 7.99. The third-order valence-corrected chi connectivity index (χ3v) is 5.88. The molecule has 2 unspecified atom stereocenters. The number of phenols is 1. The summed E-state index contributed by atoms with van der Waals surface area (Å²) in [6.45, 7) is 0. The highest BCUT2D eigenvalue weighted by Gasteiger charge is 2.39. The number of rotatable bonds is 8. The van der Waals surface area contributed by atoms with E-state index in [2.05, 4.69) is 10.6 Å². The van der Waals surface area contributed by atoms with E-state index in [0.717, 1.165) is 36.3 Å². The molecule has 24 heavy (non-hydrogen) atoms. The largest absolute Gasteiger partial charge is 0.508 e. The third kappa shape index (κ3) is 3.85. The maximum atomic E-state index is 12.1. The molecule has 4 nitrogen and oxygen atoms in total. The first kappa shape index (κ1) is 15.8. The molecule has 4 rings (SSSR count). The summed E-state index contributed by atoms with van der Waals surface area (Å²) in [6.07, 6.45) is 11.9. The van der Waals surface area contributed by atoms with Gasteiger partial charge in [-0.2, -0.15) is 0 Å². The Morgan fingerprint density at radius 3 is 2.71 bits per heavy atom. The van der Waals surface area contributed by atoms with Crippen molar-refractivity contribution in [2.24, 2.45) is 17.8 Å². The van der Waals surface area contributed by atoms with Gasteiger partial charge in [-0.05, 0) is 49.1 Å². The average molecular weight is 328 g/mol. The highest BCUT2D eigenvalue weighted by molar-refractivity contribution is 6.03. The third-order valence-electron chi connectivity index (χ3n) is 5.88. The molecule has 4 heteroatoms. The fourth-order valence-corrected chi connectivity index (χ4v) is 4.10. The number of carbonyl (C=O) groups excluding carboxylic acids is 1. The summed E-state index contributed by atoms with van der Waals surface area (Å²) in [4.78, 5) is 12.1. The van der Waals surface area contributed by atoms with E-state index in [-0.39, 0.29) is 17.7 Å². The summed E-state index contributed by atoms with van der Waals surface area (Å²) in [5.74, 6) is 3.34. The lowest BCUT2D eigenvalue weighted by atomic mass is 10.0. The standard InChI is InChI=1S/C20H28N2O2/c23-16-8-9-17-19(12-16)22-20(24)18(21-17)5-3-1-2-4-14-11-15(14)10-13-6-7-13/h8-9,12-15,18,21,23H,1-7,10-11H2,(H,22,24)/t14-,15?,18?/m1/s1. The van der Waals surface area contributed by atoms with Crippen molar-refractivity contribution in [2.45, 2.75) is 63.8 Å². The van der Waals surface area contributed by atoms with E-state index in [9.17, 15) is 9.90 Å². The topological polar surface area (TPSA) is 61.4 Å². The van der Waals surface area contributed by atoms with Crippen LogP contribution in [0, 0.1) is 17.8 Å². The Balaban J connectivity index is 1.14. The molecule has 0 bridgehead atoms. The van der Waals surface area contributed by atoms with Crippen molar-refractivity contribution < 1.29 is 9.90 Å². The fourth-order valence-electron chi connectivity index (χ4n) is 4.10. The Labute approximate surface area is 144 Å². The van der Waals surface area contributed by atoms with E-state index in [1.807, 2.05) is 6.07 Å². The second kappa shape index (κ2) is 6.66. The molecule has 3 N–H and O–H groups in total. The van der Waals surface area contributed by atoms with E-state index in [4.69, 9.17) is 0 Å². The first-order chi connectivity index (χ1) is 11.7. The molecule has 0 saturated heterocycles. The van der Waals surface area contributed by atoms with Crippen LogP contribution in [0.2, 0.25) is 0 Å². The van der Waals surface area contributed by atoms with Crippen molar-refractivity contribution >= 4 is 17.3 Å². The van der Waals surface area contributed by atoms with E-state index >= 15 is 0 Å². The van der Waals surface area contributed by atoms with Gasteiger partial charge >= 0.3 is 0 Å². The molecule has 1 aliphatic heterocycles. The van der Waals surface area contributed by atoms with Gasteiger partial charge in [0.1, 0.15) is 11.8 Å². The molecule has 2 saturated carbocycles. The van der Waals surface area contributed by atoms with Gasteiger partial charge in [0, 0.05) is 6.07 Å². The minimum absolute atomic E-state index is 0.0137. The van der Waals surface area contributed by atoms with Crippen molar-refractivity contribution in [2.75, 3.05) is 10.6 Å². The van der Waals surface area contributed by atoms with Gasteiger partial charge in [-0.25, -0.2) is 0 Å². The first-order valence-electron chi connectivity index (χ1n) is 9.59. The molecule has 130 valence electrons. The number of aromatic hydroxyl groups is 1. The molecule has 0 spiro atoms. The number of hydrogen-bond acceptors (Lipinski definition) is 3. The minimum Gasteiger partial charge on any atom is -0.508 e. The van der Waals surface area contributed by atoms with Crippen molar-refractivity contribution in [1.29, 1.82) is 0 Å². The Bertz CT molecular complexity index is 612. The maximum Gasteiger partial charge on any atom is 0.246 e. The van der Waals surface area contributed by atoms with Crippen LogP contribution < -0.4 is 10.6 Å². The van der Waals surface area contributed by atoms with Crippen LogP contribution in [0.1, 0.15) is 57.8 Å². The molecule has 0 radical (unpaired) electrons. The summed E-state index contributed by atoms with van der Waals surface area (Å²) in [7, 11) is 0. The Morgan fingerprint density at radius 2 is 1.88 bits per heavy atom. The number of phenolic OH excluding ortho intramolecular Hbond substituents is 1. The number of hydrogen-bond donors (Lipinski definition) is 3. The van der Waals surface area contributed by atoms with Crippen LogP contribution in [0.5, 0.6) is 5.75 Å². The molecule has 3 aliphatic rings. The summed E-state index contributed by atoms with van der Waals surface area (Å²) in [5.41, 5.74) is 1.57. The predicted octanol–water partition coefficient (Wildman–Crippen LogP) is 4.51. The lowest BCUT2D eigenvalue weighted by Gasteiger charge is -2.26. The van der Waals surface area contributed by atoms with Gasteiger partial charge in [0.05, 0.1) is 11.4 Å². The Hall–Kier alpha value is -1.71. The van der Waals surface area contributed by atoms with E-state index in [1.54, 1.807) is 12.1 Å². The Morgan fingerprint density at radius 1 is 1.04 bits per heavy atom. The molecule has 3 atom stereocenters. The average Bonchev–Trinajstić information content (AvgIpc) is 3.47. The van der Waals surface area contributed by atoms with Crippen molar-refractivity contribution in [3.8, 4) is 5.75 Å². The predicted molar refractivity (Wildman–Crippen MR) is 96.2 cm³/mol. The molecule has 1 aromatic carbocycles. The lowest BCUT2D eigenvalue weighted by molar-refractivity contribution is -0.117. The van der Waals surface area contributed by atoms with E-state index < -0.39 is 0 Å². The first-order valence-corrected chi connectivity index (χ1v) is 9.59. The van der Waals surface area contributed by atoms with Gasteiger partial charge in [-0.1, -0.05) is 38.5 Å². The van der Waals surface area contributed by atoms with E-state index in [1.165, 1.54) is 44.9 Å². The molecule has 1 aromatic rings. The van der Waals surface area contributed by atoms with Crippen molar-refractivity contribution in [1.82, 2.24) is 0 Å². The SMILES string of the molecule is O=C1Nc2cc(O)ccc2NC1CCCCC[C@@H]1CC1CC1CC1. The zero-order valence-corrected chi connectivity index (χ0v) is 14.3.